The van der Waals surface area contributed by atoms with Gasteiger partial charge in [0.25, 0.3) is 5.91 Å². The molecule has 0 bridgehead atoms. The number of aryl methyl sites for hydroxylation is 2. The lowest BCUT2D eigenvalue weighted by Crippen LogP contribution is -2.34. The van der Waals surface area contributed by atoms with Crippen molar-refractivity contribution < 1.29 is 9.53 Å². The van der Waals surface area contributed by atoms with E-state index in [4.69, 9.17) is 17.0 Å². The van der Waals surface area contributed by atoms with E-state index in [1.54, 1.807) is 18.2 Å². The number of rotatable bonds is 4. The van der Waals surface area contributed by atoms with Crippen LogP contribution < -0.4 is 15.4 Å². The fourth-order valence-electron chi connectivity index (χ4n) is 2.09. The number of anilines is 1. The Hall–Kier alpha value is -2.40. The van der Waals surface area contributed by atoms with Crippen LogP contribution in [0.2, 0.25) is 0 Å². The van der Waals surface area contributed by atoms with Gasteiger partial charge in [-0.15, -0.1) is 0 Å². The Bertz CT molecular complexity index is 729. The van der Waals surface area contributed by atoms with Crippen molar-refractivity contribution in [3.8, 4) is 5.75 Å². The molecule has 23 heavy (non-hydrogen) atoms. The Morgan fingerprint density at radius 2 is 1.87 bits per heavy atom. The summed E-state index contributed by atoms with van der Waals surface area (Å²) in [6, 6.07) is 13.0. The van der Waals surface area contributed by atoms with Gasteiger partial charge in [0, 0.05) is 5.69 Å². The molecule has 1 amide bonds. The molecule has 0 saturated carbocycles. The molecule has 0 aliphatic rings. The lowest BCUT2D eigenvalue weighted by Gasteiger charge is -2.13. The van der Waals surface area contributed by atoms with E-state index in [1.165, 1.54) is 5.56 Å². The zero-order valence-corrected chi connectivity index (χ0v) is 14.3. The molecule has 0 saturated heterocycles. The molecular formula is C18H20N2O2S. The van der Waals surface area contributed by atoms with Gasteiger partial charge in [0.05, 0.1) is 12.2 Å². The van der Waals surface area contributed by atoms with Crippen LogP contribution >= 0.6 is 12.2 Å². The third kappa shape index (κ3) is 4.53. The summed E-state index contributed by atoms with van der Waals surface area (Å²) in [7, 11) is 0. The molecule has 0 unspecified atom stereocenters. The van der Waals surface area contributed by atoms with Crippen LogP contribution in [0, 0.1) is 13.8 Å². The van der Waals surface area contributed by atoms with Crippen molar-refractivity contribution in [2.45, 2.75) is 20.8 Å². The lowest BCUT2D eigenvalue weighted by atomic mass is 10.1. The van der Waals surface area contributed by atoms with Crippen molar-refractivity contribution in [2.24, 2.45) is 0 Å². The minimum Gasteiger partial charge on any atom is -0.493 e. The van der Waals surface area contributed by atoms with E-state index in [0.717, 1.165) is 11.3 Å². The van der Waals surface area contributed by atoms with Gasteiger partial charge in [-0.3, -0.25) is 10.1 Å². The largest absolute Gasteiger partial charge is 0.493 e. The Morgan fingerprint density at radius 1 is 1.13 bits per heavy atom. The van der Waals surface area contributed by atoms with Crippen molar-refractivity contribution in [1.82, 2.24) is 5.32 Å². The summed E-state index contributed by atoms with van der Waals surface area (Å²) in [6.45, 7) is 6.45. The third-order valence-corrected chi connectivity index (χ3v) is 3.63. The number of ether oxygens (including phenoxy) is 1. The van der Waals surface area contributed by atoms with Gasteiger partial charge >= 0.3 is 0 Å². The highest BCUT2D eigenvalue weighted by atomic mass is 32.1. The summed E-state index contributed by atoms with van der Waals surface area (Å²) in [4.78, 5) is 12.3. The summed E-state index contributed by atoms with van der Waals surface area (Å²) in [5.74, 6) is 0.247. The maximum absolute atomic E-state index is 12.3. The van der Waals surface area contributed by atoms with Gasteiger partial charge in [0.1, 0.15) is 5.75 Å². The van der Waals surface area contributed by atoms with Gasteiger partial charge in [0.2, 0.25) is 0 Å². The molecule has 0 atom stereocenters. The molecule has 0 aromatic heterocycles. The first-order valence-corrected chi connectivity index (χ1v) is 7.83. The first-order valence-electron chi connectivity index (χ1n) is 7.42. The third-order valence-electron chi connectivity index (χ3n) is 3.42. The van der Waals surface area contributed by atoms with E-state index in [2.05, 4.69) is 10.6 Å². The number of para-hydroxylation sites is 1. The fraction of sp³-hybridized carbons (Fsp3) is 0.222. The van der Waals surface area contributed by atoms with Crippen molar-refractivity contribution in [2.75, 3.05) is 11.9 Å². The molecule has 0 aliphatic heterocycles. The highest BCUT2D eigenvalue weighted by Gasteiger charge is 2.13. The summed E-state index contributed by atoms with van der Waals surface area (Å²) in [5.41, 5.74) is 3.66. The SMILES string of the molecule is CCOc1ccccc1C(=O)NC(=S)Nc1ccc(C)c(C)c1. The smallest absolute Gasteiger partial charge is 0.261 e. The van der Waals surface area contributed by atoms with Gasteiger partial charge in [-0.05, 0) is 68.4 Å². The minimum atomic E-state index is -0.296. The second-order valence-electron chi connectivity index (χ2n) is 5.14. The molecule has 120 valence electrons. The van der Waals surface area contributed by atoms with Crippen LogP contribution in [-0.2, 0) is 0 Å². The molecule has 0 aliphatic carbocycles. The number of carbonyl (C=O) groups is 1. The minimum absolute atomic E-state index is 0.254. The zero-order valence-electron chi connectivity index (χ0n) is 13.5. The van der Waals surface area contributed by atoms with E-state index in [-0.39, 0.29) is 11.0 Å². The molecule has 2 aromatic carbocycles. The van der Waals surface area contributed by atoms with Gasteiger partial charge in [-0.1, -0.05) is 18.2 Å². The van der Waals surface area contributed by atoms with E-state index >= 15 is 0 Å². The Kier molecular flexibility index (Phi) is 5.71. The molecule has 0 radical (unpaired) electrons. The highest BCUT2D eigenvalue weighted by molar-refractivity contribution is 7.80. The summed E-state index contributed by atoms with van der Waals surface area (Å²) in [5, 5.41) is 5.95. The van der Waals surface area contributed by atoms with E-state index in [9.17, 15) is 4.79 Å². The summed E-state index contributed by atoms with van der Waals surface area (Å²) in [6.07, 6.45) is 0. The van der Waals surface area contributed by atoms with Crippen LogP contribution in [0.1, 0.15) is 28.4 Å². The standard InChI is InChI=1S/C18H20N2O2S/c1-4-22-16-8-6-5-7-15(16)17(21)20-18(23)19-14-10-9-12(2)13(3)11-14/h5-11H,4H2,1-3H3,(H2,19,20,21,23). The van der Waals surface area contributed by atoms with Gasteiger partial charge in [0.15, 0.2) is 5.11 Å². The number of hydrogen-bond acceptors (Lipinski definition) is 3. The Labute approximate surface area is 141 Å². The number of hydrogen-bond donors (Lipinski definition) is 2. The monoisotopic (exact) mass is 328 g/mol. The summed E-state index contributed by atoms with van der Waals surface area (Å²) < 4.78 is 5.46. The summed E-state index contributed by atoms with van der Waals surface area (Å²) >= 11 is 5.21. The number of thiocarbonyl (C=S) groups is 1. The van der Waals surface area contributed by atoms with E-state index in [1.807, 2.05) is 45.0 Å². The number of benzene rings is 2. The van der Waals surface area contributed by atoms with Crippen molar-refractivity contribution in [3.05, 3.63) is 59.2 Å². The molecule has 0 heterocycles. The topological polar surface area (TPSA) is 50.4 Å². The van der Waals surface area contributed by atoms with E-state index in [0.29, 0.717) is 17.9 Å². The van der Waals surface area contributed by atoms with Crippen LogP contribution in [0.4, 0.5) is 5.69 Å². The van der Waals surface area contributed by atoms with Crippen molar-refractivity contribution in [1.29, 1.82) is 0 Å². The first-order chi connectivity index (χ1) is 11.0. The maximum atomic E-state index is 12.3. The number of carbonyl (C=O) groups excluding carboxylic acids is 1. The van der Waals surface area contributed by atoms with Crippen molar-refractivity contribution >= 4 is 28.9 Å². The van der Waals surface area contributed by atoms with Gasteiger partial charge in [-0.2, -0.15) is 0 Å². The molecule has 0 fully saturated rings. The normalized spacial score (nSPS) is 10.0. The molecule has 0 spiro atoms. The van der Waals surface area contributed by atoms with E-state index < -0.39 is 0 Å². The predicted molar refractivity (Wildman–Crippen MR) is 97.2 cm³/mol. The van der Waals surface area contributed by atoms with Crippen LogP contribution in [0.5, 0.6) is 5.75 Å². The second kappa shape index (κ2) is 7.74. The second-order valence-corrected chi connectivity index (χ2v) is 5.54. The number of nitrogens with one attached hydrogen (secondary N) is 2. The highest BCUT2D eigenvalue weighted by Crippen LogP contribution is 2.18. The molecule has 2 N–H and O–H groups in total. The predicted octanol–water partition coefficient (Wildman–Crippen LogP) is 3.83. The van der Waals surface area contributed by atoms with Crippen LogP contribution in [0.3, 0.4) is 0 Å². The van der Waals surface area contributed by atoms with Gasteiger partial charge in [-0.25, -0.2) is 0 Å². The fourth-order valence-corrected chi connectivity index (χ4v) is 2.30. The Balaban J connectivity index is 2.05. The van der Waals surface area contributed by atoms with Gasteiger partial charge < -0.3 is 10.1 Å². The van der Waals surface area contributed by atoms with Crippen LogP contribution in [-0.4, -0.2) is 17.6 Å². The van der Waals surface area contributed by atoms with Crippen molar-refractivity contribution in [3.63, 3.8) is 0 Å². The van der Waals surface area contributed by atoms with Crippen LogP contribution in [0.25, 0.3) is 0 Å². The molecule has 4 nitrogen and oxygen atoms in total. The quantitative estimate of drug-likeness (QED) is 0.838. The number of amides is 1. The molecule has 5 heteroatoms. The van der Waals surface area contributed by atoms with Crippen LogP contribution in [0.15, 0.2) is 42.5 Å². The average molecular weight is 328 g/mol. The lowest BCUT2D eigenvalue weighted by molar-refractivity contribution is 0.0974. The average Bonchev–Trinajstić information content (AvgIpc) is 2.51. The molecule has 2 aromatic rings. The zero-order chi connectivity index (χ0) is 16.8. The molecule has 2 rings (SSSR count). The maximum Gasteiger partial charge on any atom is 0.261 e. The first kappa shape index (κ1) is 17.0. The Morgan fingerprint density at radius 3 is 2.57 bits per heavy atom. The molecular weight excluding hydrogens is 308 g/mol.